The summed E-state index contributed by atoms with van der Waals surface area (Å²) in [5, 5.41) is 3.77. The molecule has 0 spiro atoms. The molecular weight excluding hydrogens is 257 g/mol. The van der Waals surface area contributed by atoms with E-state index in [0.717, 1.165) is 5.56 Å². The van der Waals surface area contributed by atoms with Crippen molar-refractivity contribution in [3.8, 4) is 22.6 Å². The Bertz CT molecular complexity index is 733. The maximum atomic E-state index is 13.5. The van der Waals surface area contributed by atoms with E-state index in [1.807, 2.05) is 19.1 Å². The summed E-state index contributed by atoms with van der Waals surface area (Å²) in [6.45, 7) is 1.81. The molecule has 0 aliphatic heterocycles. The molecule has 0 amide bonds. The Morgan fingerprint density at radius 3 is 2.75 bits per heavy atom. The molecule has 0 saturated heterocycles. The number of hydrogen-bond acceptors (Lipinski definition) is 4. The van der Waals surface area contributed by atoms with Crippen molar-refractivity contribution in [1.29, 1.82) is 0 Å². The highest BCUT2D eigenvalue weighted by Gasteiger charge is 2.19. The van der Waals surface area contributed by atoms with E-state index in [1.165, 1.54) is 12.1 Å². The lowest BCUT2D eigenvalue weighted by atomic mass is 10.0. The number of anilines is 1. The van der Waals surface area contributed by atoms with E-state index in [4.69, 9.17) is 10.3 Å². The number of nitrogens with two attached hydrogens (primary N) is 1. The molecule has 0 aliphatic carbocycles. The largest absolute Gasteiger partial charge is 0.380 e. The summed E-state index contributed by atoms with van der Waals surface area (Å²) in [6, 6.07) is 10.1. The quantitative estimate of drug-likeness (QED) is 0.774. The van der Waals surface area contributed by atoms with Gasteiger partial charge in [-0.3, -0.25) is 4.98 Å². The smallest absolute Gasteiger partial charge is 0.178 e. The van der Waals surface area contributed by atoms with Crippen molar-refractivity contribution < 1.29 is 8.91 Å². The van der Waals surface area contributed by atoms with Gasteiger partial charge in [-0.2, -0.15) is 0 Å². The Morgan fingerprint density at radius 1 is 1.20 bits per heavy atom. The molecule has 0 atom stereocenters. The van der Waals surface area contributed by atoms with Crippen molar-refractivity contribution in [3.05, 3.63) is 54.0 Å². The summed E-state index contributed by atoms with van der Waals surface area (Å²) in [5.74, 6) is 0.325. The van der Waals surface area contributed by atoms with Gasteiger partial charge in [-0.05, 0) is 42.8 Å². The fraction of sp³-hybridized carbons (Fsp3) is 0.0667. The van der Waals surface area contributed by atoms with Crippen LogP contribution < -0.4 is 5.73 Å². The number of aryl methyl sites for hydroxylation is 1. The lowest BCUT2D eigenvalue weighted by Crippen LogP contribution is -1.91. The summed E-state index contributed by atoms with van der Waals surface area (Å²) in [7, 11) is 0. The third-order valence-electron chi connectivity index (χ3n) is 2.94. The molecule has 0 aliphatic rings. The molecular formula is C15H12FN3O. The maximum absolute atomic E-state index is 13.5. The molecule has 3 rings (SSSR count). The van der Waals surface area contributed by atoms with E-state index >= 15 is 0 Å². The zero-order chi connectivity index (χ0) is 14.1. The minimum absolute atomic E-state index is 0.237. The van der Waals surface area contributed by atoms with E-state index < -0.39 is 0 Å². The van der Waals surface area contributed by atoms with E-state index in [0.29, 0.717) is 22.6 Å². The van der Waals surface area contributed by atoms with Crippen LogP contribution >= 0.6 is 0 Å². The Labute approximate surface area is 115 Å². The number of pyridine rings is 1. The van der Waals surface area contributed by atoms with Crippen molar-refractivity contribution in [3.63, 3.8) is 0 Å². The first-order valence-corrected chi connectivity index (χ1v) is 6.09. The zero-order valence-electron chi connectivity index (χ0n) is 10.8. The van der Waals surface area contributed by atoms with Gasteiger partial charge in [0.25, 0.3) is 0 Å². The average Bonchev–Trinajstić information content (AvgIpc) is 2.80. The summed E-state index contributed by atoms with van der Waals surface area (Å²) < 4.78 is 18.8. The van der Waals surface area contributed by atoms with E-state index in [9.17, 15) is 4.39 Å². The second-order valence-corrected chi connectivity index (χ2v) is 4.50. The molecule has 0 radical (unpaired) electrons. The Hall–Kier alpha value is -2.69. The highest BCUT2D eigenvalue weighted by molar-refractivity contribution is 5.84. The van der Waals surface area contributed by atoms with Gasteiger partial charge >= 0.3 is 0 Å². The van der Waals surface area contributed by atoms with Crippen LogP contribution in [0.5, 0.6) is 0 Å². The SMILES string of the molecule is Cc1cc(F)cc(-c2onc(N)c2-c2ccccn2)c1. The van der Waals surface area contributed by atoms with Crippen molar-refractivity contribution in [2.45, 2.75) is 6.92 Å². The van der Waals surface area contributed by atoms with Crippen LogP contribution in [0.2, 0.25) is 0 Å². The van der Waals surface area contributed by atoms with E-state index in [1.54, 1.807) is 18.3 Å². The van der Waals surface area contributed by atoms with E-state index in [-0.39, 0.29) is 11.6 Å². The third-order valence-corrected chi connectivity index (χ3v) is 2.94. The van der Waals surface area contributed by atoms with Gasteiger partial charge in [0.15, 0.2) is 11.6 Å². The number of nitrogen functional groups attached to an aromatic ring is 1. The molecule has 100 valence electrons. The van der Waals surface area contributed by atoms with Gasteiger partial charge in [0, 0.05) is 11.8 Å². The lowest BCUT2D eigenvalue weighted by Gasteiger charge is -2.03. The Morgan fingerprint density at radius 2 is 2.05 bits per heavy atom. The summed E-state index contributed by atoms with van der Waals surface area (Å²) >= 11 is 0. The van der Waals surface area contributed by atoms with Gasteiger partial charge in [-0.25, -0.2) is 4.39 Å². The second kappa shape index (κ2) is 4.77. The number of nitrogens with zero attached hydrogens (tertiary/aromatic N) is 2. The topological polar surface area (TPSA) is 64.9 Å². The van der Waals surface area contributed by atoms with E-state index in [2.05, 4.69) is 10.1 Å². The molecule has 0 saturated carbocycles. The minimum atomic E-state index is -0.332. The van der Waals surface area contributed by atoms with Gasteiger partial charge in [0.2, 0.25) is 0 Å². The van der Waals surface area contributed by atoms with Crippen LogP contribution in [0, 0.1) is 12.7 Å². The molecule has 4 nitrogen and oxygen atoms in total. The molecule has 0 fully saturated rings. The first-order chi connectivity index (χ1) is 9.65. The molecule has 20 heavy (non-hydrogen) atoms. The molecule has 2 aromatic heterocycles. The highest BCUT2D eigenvalue weighted by Crippen LogP contribution is 2.35. The first-order valence-electron chi connectivity index (χ1n) is 6.09. The number of rotatable bonds is 2. The van der Waals surface area contributed by atoms with Crippen LogP contribution in [0.4, 0.5) is 10.2 Å². The van der Waals surface area contributed by atoms with Gasteiger partial charge in [0.05, 0.1) is 11.3 Å². The minimum Gasteiger partial charge on any atom is -0.380 e. The predicted molar refractivity (Wildman–Crippen MR) is 74.3 cm³/mol. The summed E-state index contributed by atoms with van der Waals surface area (Å²) in [5.41, 5.74) is 8.45. The van der Waals surface area contributed by atoms with Crippen LogP contribution in [0.25, 0.3) is 22.6 Å². The number of aromatic nitrogens is 2. The fourth-order valence-electron chi connectivity index (χ4n) is 2.13. The predicted octanol–water partition coefficient (Wildman–Crippen LogP) is 3.43. The molecule has 2 heterocycles. The monoisotopic (exact) mass is 269 g/mol. The maximum Gasteiger partial charge on any atom is 0.178 e. The fourth-order valence-corrected chi connectivity index (χ4v) is 2.13. The van der Waals surface area contributed by atoms with Crippen LogP contribution in [-0.4, -0.2) is 10.1 Å². The van der Waals surface area contributed by atoms with Crippen molar-refractivity contribution in [1.82, 2.24) is 10.1 Å². The van der Waals surface area contributed by atoms with Crippen LogP contribution in [0.3, 0.4) is 0 Å². The standard InChI is InChI=1S/C15H12FN3O/c1-9-6-10(8-11(16)7-9)14-13(15(17)19-20-14)12-4-2-3-5-18-12/h2-8H,1H3,(H2,17,19). The third kappa shape index (κ3) is 2.14. The van der Waals surface area contributed by atoms with Gasteiger partial charge in [-0.15, -0.1) is 0 Å². The van der Waals surface area contributed by atoms with Crippen LogP contribution in [-0.2, 0) is 0 Å². The molecule has 3 aromatic rings. The van der Waals surface area contributed by atoms with Gasteiger partial charge in [0.1, 0.15) is 5.82 Å². The molecule has 5 heteroatoms. The van der Waals surface area contributed by atoms with Gasteiger partial charge in [-0.1, -0.05) is 11.2 Å². The lowest BCUT2D eigenvalue weighted by molar-refractivity contribution is 0.435. The van der Waals surface area contributed by atoms with Crippen LogP contribution in [0.15, 0.2) is 47.1 Å². The first kappa shape index (κ1) is 12.3. The summed E-state index contributed by atoms with van der Waals surface area (Å²) in [6.07, 6.45) is 1.66. The number of hydrogen-bond donors (Lipinski definition) is 1. The van der Waals surface area contributed by atoms with Gasteiger partial charge < -0.3 is 10.3 Å². The molecule has 0 bridgehead atoms. The normalized spacial score (nSPS) is 10.7. The van der Waals surface area contributed by atoms with Crippen LogP contribution in [0.1, 0.15) is 5.56 Å². The molecule has 0 unspecified atom stereocenters. The Balaban J connectivity index is 2.21. The second-order valence-electron chi connectivity index (χ2n) is 4.50. The molecule has 2 N–H and O–H groups in total. The number of halogens is 1. The zero-order valence-corrected chi connectivity index (χ0v) is 10.8. The number of benzene rings is 1. The Kier molecular flexibility index (Phi) is 2.95. The molecule has 1 aromatic carbocycles. The van der Waals surface area contributed by atoms with Crippen molar-refractivity contribution >= 4 is 5.82 Å². The van der Waals surface area contributed by atoms with Crippen molar-refractivity contribution in [2.75, 3.05) is 5.73 Å². The summed E-state index contributed by atoms with van der Waals surface area (Å²) in [4.78, 5) is 4.24. The van der Waals surface area contributed by atoms with Crippen molar-refractivity contribution in [2.24, 2.45) is 0 Å². The average molecular weight is 269 g/mol. The highest BCUT2D eigenvalue weighted by atomic mass is 19.1.